The maximum atomic E-state index is 13.2. The first-order valence-electron chi connectivity index (χ1n) is 11.4. The summed E-state index contributed by atoms with van der Waals surface area (Å²) < 4.78 is 5.79. The van der Waals surface area contributed by atoms with Gasteiger partial charge in [0, 0.05) is 13.7 Å². The van der Waals surface area contributed by atoms with Crippen molar-refractivity contribution >= 4 is 17.7 Å². The highest BCUT2D eigenvalue weighted by Crippen LogP contribution is 2.19. The zero-order valence-electron chi connectivity index (χ0n) is 18.8. The summed E-state index contributed by atoms with van der Waals surface area (Å²) >= 11 is 0. The van der Waals surface area contributed by atoms with Gasteiger partial charge < -0.3 is 20.7 Å². The van der Waals surface area contributed by atoms with Crippen molar-refractivity contribution < 1.29 is 24.3 Å². The standard InChI is InChI=1S/C23H36N4O5/c1-24-22(29)19-13-8-15-25-14-5-6-16-32-20(23(30)27-31)18(21(28)26-19)12-7-11-17-9-3-2-4-10-17/h2-4,9-10,18-20,25,31H,5-8,11-16H2,1H3,(H,24,29)(H,26,28)(H,27,30)/t18?,19?,20-/m0/s1. The molecule has 0 aliphatic carbocycles. The lowest BCUT2D eigenvalue weighted by molar-refractivity contribution is -0.151. The second kappa shape index (κ2) is 14.5. The first-order chi connectivity index (χ1) is 15.6. The highest BCUT2D eigenvalue weighted by atomic mass is 16.5. The zero-order chi connectivity index (χ0) is 23.2. The molecule has 1 aromatic rings. The summed E-state index contributed by atoms with van der Waals surface area (Å²) in [5.41, 5.74) is 2.77. The van der Waals surface area contributed by atoms with Gasteiger partial charge in [-0.1, -0.05) is 30.3 Å². The molecule has 3 atom stereocenters. The van der Waals surface area contributed by atoms with Gasteiger partial charge in [-0.15, -0.1) is 0 Å². The lowest BCUT2D eigenvalue weighted by atomic mass is 9.92. The Morgan fingerprint density at radius 3 is 2.59 bits per heavy atom. The van der Waals surface area contributed by atoms with Crippen LogP contribution in [0.4, 0.5) is 0 Å². The summed E-state index contributed by atoms with van der Waals surface area (Å²) in [6.07, 6.45) is 3.41. The summed E-state index contributed by atoms with van der Waals surface area (Å²) in [6, 6.07) is 9.18. The van der Waals surface area contributed by atoms with Gasteiger partial charge in [-0.2, -0.15) is 0 Å². The number of rotatable bonds is 6. The van der Waals surface area contributed by atoms with Gasteiger partial charge in [0.1, 0.15) is 12.1 Å². The molecule has 178 valence electrons. The van der Waals surface area contributed by atoms with Crippen LogP contribution in [0.15, 0.2) is 30.3 Å². The minimum Gasteiger partial charge on any atom is -0.367 e. The quantitative estimate of drug-likeness (QED) is 0.325. The van der Waals surface area contributed by atoms with Crippen LogP contribution < -0.4 is 21.4 Å². The molecule has 3 amide bonds. The number of carbonyl (C=O) groups excluding carboxylic acids is 3. The smallest absolute Gasteiger partial charge is 0.273 e. The van der Waals surface area contributed by atoms with Crippen LogP contribution in [0.5, 0.6) is 0 Å². The van der Waals surface area contributed by atoms with Gasteiger partial charge in [-0.25, -0.2) is 5.48 Å². The molecule has 1 fully saturated rings. The molecule has 2 unspecified atom stereocenters. The fraction of sp³-hybridized carbons (Fsp3) is 0.609. The number of ether oxygens (including phenoxy) is 1. The first kappa shape index (κ1) is 25.8. The number of amides is 3. The van der Waals surface area contributed by atoms with E-state index in [1.807, 2.05) is 30.3 Å². The minimum absolute atomic E-state index is 0.280. The Hall–Kier alpha value is -2.49. The van der Waals surface area contributed by atoms with E-state index >= 15 is 0 Å². The normalized spacial score (nSPS) is 23.4. The lowest BCUT2D eigenvalue weighted by Crippen LogP contribution is -2.52. The lowest BCUT2D eigenvalue weighted by Gasteiger charge is -2.27. The monoisotopic (exact) mass is 448 g/mol. The first-order valence-corrected chi connectivity index (χ1v) is 11.4. The van der Waals surface area contributed by atoms with Crippen molar-refractivity contribution in [3.05, 3.63) is 35.9 Å². The van der Waals surface area contributed by atoms with Crippen molar-refractivity contribution in [3.8, 4) is 0 Å². The van der Waals surface area contributed by atoms with Gasteiger partial charge in [0.15, 0.2) is 0 Å². The van der Waals surface area contributed by atoms with E-state index in [1.165, 1.54) is 7.05 Å². The van der Waals surface area contributed by atoms with Crippen LogP contribution in [0.2, 0.25) is 0 Å². The Balaban J connectivity index is 2.19. The molecule has 1 heterocycles. The highest BCUT2D eigenvalue weighted by Gasteiger charge is 2.36. The third-order valence-electron chi connectivity index (χ3n) is 5.67. The Bertz CT molecular complexity index is 716. The number of hydrogen-bond acceptors (Lipinski definition) is 6. The average Bonchev–Trinajstić information content (AvgIpc) is 2.82. The van der Waals surface area contributed by atoms with Gasteiger partial charge in [0.25, 0.3) is 5.91 Å². The topological polar surface area (TPSA) is 129 Å². The van der Waals surface area contributed by atoms with Crippen LogP contribution in [0.1, 0.15) is 44.1 Å². The molecule has 0 spiro atoms. The van der Waals surface area contributed by atoms with Gasteiger partial charge >= 0.3 is 0 Å². The maximum Gasteiger partial charge on any atom is 0.273 e. The second-order valence-electron chi connectivity index (χ2n) is 8.03. The predicted octanol–water partition coefficient (Wildman–Crippen LogP) is 0.911. The van der Waals surface area contributed by atoms with Gasteiger partial charge in [-0.05, 0) is 63.6 Å². The molecule has 1 aromatic carbocycles. The number of carbonyl (C=O) groups is 3. The van der Waals surface area contributed by atoms with E-state index in [2.05, 4.69) is 16.0 Å². The number of hydrogen-bond donors (Lipinski definition) is 5. The number of hydroxylamine groups is 1. The summed E-state index contributed by atoms with van der Waals surface area (Å²) in [5.74, 6) is -2.30. The van der Waals surface area contributed by atoms with Gasteiger partial charge in [0.05, 0.1) is 5.92 Å². The van der Waals surface area contributed by atoms with E-state index in [0.29, 0.717) is 25.9 Å². The van der Waals surface area contributed by atoms with E-state index in [-0.39, 0.29) is 5.91 Å². The van der Waals surface area contributed by atoms with Crippen molar-refractivity contribution in [1.29, 1.82) is 0 Å². The van der Waals surface area contributed by atoms with Crippen molar-refractivity contribution in [2.24, 2.45) is 5.92 Å². The van der Waals surface area contributed by atoms with E-state index in [4.69, 9.17) is 4.74 Å². The van der Waals surface area contributed by atoms with Crippen LogP contribution in [-0.2, 0) is 25.5 Å². The molecule has 0 radical (unpaired) electrons. The van der Waals surface area contributed by atoms with Crippen LogP contribution in [0.25, 0.3) is 0 Å². The molecule has 9 nitrogen and oxygen atoms in total. The van der Waals surface area contributed by atoms with Crippen molar-refractivity contribution in [2.45, 2.75) is 57.1 Å². The molecule has 32 heavy (non-hydrogen) atoms. The second-order valence-corrected chi connectivity index (χ2v) is 8.03. The van der Waals surface area contributed by atoms with E-state index in [1.54, 1.807) is 5.48 Å². The molecule has 0 saturated carbocycles. The third kappa shape index (κ3) is 8.57. The summed E-state index contributed by atoms with van der Waals surface area (Å²) in [5, 5.41) is 18.0. The molecular weight excluding hydrogens is 412 g/mol. The molecule has 1 aliphatic heterocycles. The van der Waals surface area contributed by atoms with Crippen LogP contribution in [0.3, 0.4) is 0 Å². The Kier molecular flexibility index (Phi) is 11.7. The molecule has 2 rings (SSSR count). The molecule has 9 heteroatoms. The van der Waals surface area contributed by atoms with Crippen LogP contribution >= 0.6 is 0 Å². The fourth-order valence-corrected chi connectivity index (χ4v) is 3.87. The minimum atomic E-state index is -1.14. The summed E-state index contributed by atoms with van der Waals surface area (Å²) in [6.45, 7) is 1.85. The zero-order valence-corrected chi connectivity index (χ0v) is 18.8. The molecule has 1 saturated heterocycles. The van der Waals surface area contributed by atoms with Crippen LogP contribution in [0, 0.1) is 5.92 Å². The van der Waals surface area contributed by atoms with Crippen LogP contribution in [-0.4, -0.2) is 61.8 Å². The van der Waals surface area contributed by atoms with E-state index in [0.717, 1.165) is 44.3 Å². The molecule has 0 bridgehead atoms. The molecule has 5 N–H and O–H groups in total. The van der Waals surface area contributed by atoms with E-state index < -0.39 is 29.9 Å². The van der Waals surface area contributed by atoms with Crippen molar-refractivity contribution in [3.63, 3.8) is 0 Å². The molecular formula is C23H36N4O5. The highest BCUT2D eigenvalue weighted by molar-refractivity contribution is 5.92. The Morgan fingerprint density at radius 2 is 1.88 bits per heavy atom. The summed E-state index contributed by atoms with van der Waals surface area (Å²) in [4.78, 5) is 38.0. The SMILES string of the molecule is CNC(=O)C1CCCNCCCCO[C@H](C(=O)NO)C(CCCc2ccccc2)C(=O)N1. The predicted molar refractivity (Wildman–Crippen MR) is 120 cm³/mol. The van der Waals surface area contributed by atoms with Crippen molar-refractivity contribution in [1.82, 2.24) is 21.4 Å². The van der Waals surface area contributed by atoms with Crippen molar-refractivity contribution in [2.75, 3.05) is 26.7 Å². The Labute approximate surface area is 189 Å². The fourth-order valence-electron chi connectivity index (χ4n) is 3.87. The van der Waals surface area contributed by atoms with E-state index in [9.17, 15) is 19.6 Å². The number of nitrogens with one attached hydrogen (secondary N) is 4. The Morgan fingerprint density at radius 1 is 1.12 bits per heavy atom. The molecule has 1 aliphatic rings. The number of aryl methyl sites for hydroxylation is 1. The van der Waals surface area contributed by atoms with Gasteiger partial charge in [0.2, 0.25) is 11.8 Å². The molecule has 0 aromatic heterocycles. The van der Waals surface area contributed by atoms with Gasteiger partial charge in [-0.3, -0.25) is 19.6 Å². The number of likely N-dealkylation sites (N-methyl/N-ethyl adjacent to an activating group) is 1. The summed E-state index contributed by atoms with van der Waals surface area (Å²) in [7, 11) is 1.53. The number of benzene rings is 1. The largest absolute Gasteiger partial charge is 0.367 e. The third-order valence-corrected chi connectivity index (χ3v) is 5.67. The average molecular weight is 449 g/mol. The maximum absolute atomic E-state index is 13.2.